The monoisotopic (exact) mass is 1330 g/mol. The number of allylic oxidation sites excluding steroid dienone is 26. The van der Waals surface area contributed by atoms with Gasteiger partial charge in [0.1, 0.15) is 11.5 Å². The van der Waals surface area contributed by atoms with Gasteiger partial charge in [0, 0.05) is 24.0 Å². The molecule has 0 saturated heterocycles. The third kappa shape index (κ3) is 38.9. The lowest BCUT2D eigenvalue weighted by Crippen LogP contribution is -2.09. The van der Waals surface area contributed by atoms with E-state index < -0.39 is 11.8 Å². The summed E-state index contributed by atoms with van der Waals surface area (Å²) in [5.74, 6) is -1.25. The first-order valence-electron chi connectivity index (χ1n) is 33.3. The quantitative estimate of drug-likeness (QED) is 0.00808. The highest BCUT2D eigenvalue weighted by Crippen LogP contribution is 2.29. The number of ether oxygens (including phenoxy) is 4. The second-order valence-corrected chi connectivity index (χ2v) is 22.0. The Bertz CT molecular complexity index is 3590. The van der Waals surface area contributed by atoms with Crippen LogP contribution in [0, 0.1) is 0 Å². The van der Waals surface area contributed by atoms with Gasteiger partial charge in [0.2, 0.25) is 0 Å². The van der Waals surface area contributed by atoms with E-state index in [1.54, 1.807) is 78.9 Å². The molecule has 4 N–H and O–H groups in total. The predicted octanol–water partition coefficient (Wildman–Crippen LogP) is 18.5. The molecule has 0 amide bonds. The second-order valence-electron chi connectivity index (χ2n) is 22.0. The van der Waals surface area contributed by atoms with E-state index in [4.69, 9.17) is 18.9 Å². The van der Waals surface area contributed by atoms with E-state index in [9.17, 15) is 49.2 Å². The van der Waals surface area contributed by atoms with Crippen LogP contribution in [0.15, 0.2) is 231 Å². The maximum atomic E-state index is 12.4. The van der Waals surface area contributed by atoms with Gasteiger partial charge >= 0.3 is 11.9 Å². The molecule has 0 bridgehead atoms. The van der Waals surface area contributed by atoms with Gasteiger partial charge in [-0.15, -0.1) is 0 Å². The average molecular weight is 1330 g/mol. The fraction of sp³-hybridized carbons (Fsp3) is 0.286. The molecule has 0 heterocycles. The molecular formula is C84H98O14. The lowest BCUT2D eigenvalue weighted by Gasteiger charge is -2.09. The molecule has 0 aliphatic heterocycles. The molecule has 4 aromatic carbocycles. The van der Waals surface area contributed by atoms with E-state index in [0.717, 1.165) is 77.0 Å². The zero-order valence-corrected chi connectivity index (χ0v) is 57.3. The van der Waals surface area contributed by atoms with Crippen molar-refractivity contribution in [3.63, 3.8) is 0 Å². The standard InChI is InChI=1S/C43H50O7.C41H48O7/c1-3-4-5-6-7-8-9-10-11-12-13-14-15-16-17-18-19-20-21-22-43(48)50-41-30-26-35(31-37(41)34-44)23-27-38(45)33-39(46)28-24-36-25-29-40(47)42(32-36)49-2;1-3-4-5-6-7-8-9-10-11-12-13-14-15-16-17-18-19-20-41(46)48-39-28-24-33(29-35(39)32-42)21-25-36(43)31-37(44)26-22-34-23-27-38(45)40(30-34)47-2/h4-5,7-8,10-11,13-14,16-17,19-20,23-32,44,47H,3,6,9,12,15,18,21-22,33-34H2,1-2H3;4-5,7-8,10-11,13-14,16-17,21-30,42,45H,3,6,9,12,15,18-20,31-32H2,1-2H3/b5-4-,8-7-,11-10-,14-13-,17-16-,20-19-,27-23+,28-24+;5-4-,8-7-,11-10-,14-13-,17-16-,25-21+,26-22+. The Morgan fingerprint density at radius 2 is 0.633 bits per heavy atom. The lowest BCUT2D eigenvalue weighted by atomic mass is 10.1. The third-order valence-corrected chi connectivity index (χ3v) is 13.9. The van der Waals surface area contributed by atoms with Crippen LogP contribution in [-0.2, 0) is 42.0 Å². The number of rotatable bonds is 45. The summed E-state index contributed by atoms with van der Waals surface area (Å²) in [4.78, 5) is 73.9. The smallest absolute Gasteiger partial charge is 0.311 e. The first kappa shape index (κ1) is 82.0. The van der Waals surface area contributed by atoms with Crippen molar-refractivity contribution in [1.82, 2.24) is 0 Å². The van der Waals surface area contributed by atoms with Gasteiger partial charge < -0.3 is 39.4 Å². The number of aliphatic hydroxyl groups excluding tert-OH is 2. The number of esters is 2. The Morgan fingerprint density at radius 3 is 0.949 bits per heavy atom. The first-order valence-corrected chi connectivity index (χ1v) is 33.3. The molecule has 0 aliphatic carbocycles. The van der Waals surface area contributed by atoms with Crippen LogP contribution in [0.2, 0.25) is 0 Å². The van der Waals surface area contributed by atoms with Crippen LogP contribution in [0.3, 0.4) is 0 Å². The van der Waals surface area contributed by atoms with Crippen molar-refractivity contribution >= 4 is 59.4 Å². The van der Waals surface area contributed by atoms with Gasteiger partial charge in [-0.05, 0) is 185 Å². The number of aromatic hydroxyl groups is 2. The summed E-state index contributed by atoms with van der Waals surface area (Å²) in [6.45, 7) is 3.58. The van der Waals surface area contributed by atoms with Crippen LogP contribution in [-0.4, -0.2) is 69.7 Å². The molecule has 0 spiro atoms. The Labute approximate surface area is 580 Å². The van der Waals surface area contributed by atoms with Gasteiger partial charge in [-0.25, -0.2) is 0 Å². The van der Waals surface area contributed by atoms with Crippen LogP contribution in [0.4, 0.5) is 0 Å². The van der Waals surface area contributed by atoms with Gasteiger partial charge in [-0.3, -0.25) is 28.8 Å². The molecule has 4 rings (SSSR count). The van der Waals surface area contributed by atoms with Gasteiger partial charge in [-0.2, -0.15) is 0 Å². The van der Waals surface area contributed by atoms with Gasteiger partial charge in [0.05, 0.1) is 40.3 Å². The number of aliphatic hydroxyl groups is 2. The summed E-state index contributed by atoms with van der Waals surface area (Å²) in [6, 6.07) is 19.0. The van der Waals surface area contributed by atoms with Gasteiger partial charge in [0.15, 0.2) is 46.1 Å². The normalized spacial score (nSPS) is 12.3. The van der Waals surface area contributed by atoms with Crippen molar-refractivity contribution in [2.45, 2.75) is 143 Å². The van der Waals surface area contributed by atoms with E-state index in [2.05, 4.69) is 135 Å². The van der Waals surface area contributed by atoms with E-state index in [1.807, 2.05) is 12.2 Å². The number of hydrogen-bond acceptors (Lipinski definition) is 14. The number of carbonyl (C=O) groups is 6. The largest absolute Gasteiger partial charge is 0.504 e. The molecular weight excluding hydrogens is 1230 g/mol. The minimum absolute atomic E-state index is 0.00937. The highest BCUT2D eigenvalue weighted by Gasteiger charge is 2.13. The topological polar surface area (TPSA) is 220 Å². The molecule has 0 unspecified atom stereocenters. The number of phenols is 2. The Kier molecular flexibility index (Phi) is 44.3. The number of phenolic OH excluding ortho intramolecular Hbond substituents is 2. The summed E-state index contributed by atoms with van der Waals surface area (Å²) < 4.78 is 21.0. The fourth-order valence-corrected chi connectivity index (χ4v) is 8.70. The predicted molar refractivity (Wildman–Crippen MR) is 396 cm³/mol. The van der Waals surface area contributed by atoms with E-state index >= 15 is 0 Å². The first-order chi connectivity index (χ1) is 47.7. The highest BCUT2D eigenvalue weighted by molar-refractivity contribution is 6.11. The van der Waals surface area contributed by atoms with Crippen molar-refractivity contribution in [1.29, 1.82) is 0 Å². The van der Waals surface area contributed by atoms with Gasteiger partial charge in [-0.1, -0.05) is 196 Å². The summed E-state index contributed by atoms with van der Waals surface area (Å²) >= 11 is 0. The number of hydrogen-bond donors (Lipinski definition) is 4. The van der Waals surface area contributed by atoms with Crippen molar-refractivity contribution in [2.75, 3.05) is 14.2 Å². The molecule has 518 valence electrons. The van der Waals surface area contributed by atoms with Gasteiger partial charge in [0.25, 0.3) is 0 Å². The van der Waals surface area contributed by atoms with Crippen LogP contribution in [0.5, 0.6) is 34.5 Å². The van der Waals surface area contributed by atoms with E-state index in [1.165, 1.54) is 56.7 Å². The van der Waals surface area contributed by atoms with Crippen LogP contribution in [0.1, 0.15) is 163 Å². The maximum Gasteiger partial charge on any atom is 0.311 e. The zero-order valence-electron chi connectivity index (χ0n) is 57.3. The summed E-state index contributed by atoms with van der Waals surface area (Å²) in [5, 5.41) is 39.0. The average Bonchev–Trinajstić information content (AvgIpc) is 0.910. The van der Waals surface area contributed by atoms with Crippen LogP contribution < -0.4 is 18.9 Å². The zero-order chi connectivity index (χ0) is 71.1. The van der Waals surface area contributed by atoms with Crippen molar-refractivity contribution in [2.24, 2.45) is 0 Å². The molecule has 0 saturated carbocycles. The molecule has 98 heavy (non-hydrogen) atoms. The molecule has 14 nitrogen and oxygen atoms in total. The maximum absolute atomic E-state index is 12.4. The SMILES string of the molecule is CC/C=C\C/C=C\C/C=C\C/C=C\C/C=C\C/C=C\CCC(=O)Oc1ccc(/C=C/C(=O)CC(=O)/C=C/c2ccc(O)c(OC)c2)cc1CO.CC/C=C\C/C=C\C/C=C\C/C=C\C/C=C\CCCC(=O)Oc1ccc(/C=C/C(=O)CC(=O)/C=C/c2ccc(O)c(OC)c2)cc1CO. The summed E-state index contributed by atoms with van der Waals surface area (Å²) in [6.07, 6.45) is 70.6. The van der Waals surface area contributed by atoms with Crippen molar-refractivity contribution in [3.05, 3.63) is 264 Å². The molecule has 14 heteroatoms. The molecule has 0 atom stereocenters. The van der Waals surface area contributed by atoms with Crippen molar-refractivity contribution < 1.29 is 68.1 Å². The molecule has 0 aliphatic rings. The third-order valence-electron chi connectivity index (χ3n) is 13.9. The lowest BCUT2D eigenvalue weighted by molar-refractivity contribution is -0.135. The second kappa shape index (κ2) is 52.9. The Morgan fingerprint density at radius 1 is 0.347 bits per heavy atom. The van der Waals surface area contributed by atoms with Crippen molar-refractivity contribution in [3.8, 4) is 34.5 Å². The minimum Gasteiger partial charge on any atom is -0.504 e. The van der Waals surface area contributed by atoms with E-state index in [-0.39, 0.29) is 96.7 Å². The van der Waals surface area contributed by atoms with Crippen LogP contribution >= 0.6 is 0 Å². The summed E-state index contributed by atoms with van der Waals surface area (Å²) in [7, 11) is 2.86. The molecule has 0 radical (unpaired) electrons. The molecule has 0 fully saturated rings. The number of carbonyl (C=O) groups excluding carboxylic acids is 6. The summed E-state index contributed by atoms with van der Waals surface area (Å²) in [5.41, 5.74) is 3.33. The Hall–Kier alpha value is -10.3. The molecule has 0 aromatic heterocycles. The fourth-order valence-electron chi connectivity index (χ4n) is 8.70. The Balaban J connectivity index is 0.000000511. The van der Waals surface area contributed by atoms with Crippen LogP contribution in [0.25, 0.3) is 24.3 Å². The number of methoxy groups -OCH3 is 2. The molecule has 4 aromatic rings. The highest BCUT2D eigenvalue weighted by atomic mass is 16.5. The number of ketones is 4. The number of unbranched alkanes of at least 4 members (excludes halogenated alkanes) is 1. The van der Waals surface area contributed by atoms with E-state index in [0.29, 0.717) is 46.2 Å². The minimum atomic E-state index is -0.407. The number of benzene rings is 4.